The zero-order chi connectivity index (χ0) is 11.4. The van der Waals surface area contributed by atoms with Crippen LogP contribution >= 0.6 is 0 Å². The van der Waals surface area contributed by atoms with Gasteiger partial charge in [0.15, 0.2) is 0 Å². The van der Waals surface area contributed by atoms with Crippen LogP contribution in [0, 0.1) is 0 Å². The molecule has 1 heterocycles. The molecule has 1 amide bonds. The normalized spacial score (nSPS) is 19.1. The molecule has 0 aromatic heterocycles. The Morgan fingerprint density at radius 1 is 1.44 bits per heavy atom. The lowest BCUT2D eigenvalue weighted by Gasteiger charge is -2.24. The van der Waals surface area contributed by atoms with E-state index in [0.717, 1.165) is 24.1 Å². The van der Waals surface area contributed by atoms with Crippen LogP contribution in [0.5, 0.6) is 0 Å². The Morgan fingerprint density at radius 2 is 2.25 bits per heavy atom. The molecule has 0 aliphatic carbocycles. The molecule has 3 nitrogen and oxygen atoms in total. The number of para-hydroxylation sites is 1. The van der Waals surface area contributed by atoms with Gasteiger partial charge in [-0.1, -0.05) is 31.5 Å². The van der Waals surface area contributed by atoms with Gasteiger partial charge in [-0.15, -0.1) is 0 Å². The van der Waals surface area contributed by atoms with E-state index >= 15 is 0 Å². The van der Waals surface area contributed by atoms with Gasteiger partial charge in [-0.2, -0.15) is 0 Å². The number of ether oxygens (including phenoxy) is 1. The molecule has 1 atom stereocenters. The van der Waals surface area contributed by atoms with Crippen molar-refractivity contribution in [1.29, 1.82) is 0 Å². The molecule has 1 aromatic carbocycles. The minimum absolute atomic E-state index is 0.0187. The summed E-state index contributed by atoms with van der Waals surface area (Å²) in [6, 6.07) is 7.87. The number of amides is 1. The van der Waals surface area contributed by atoms with E-state index in [-0.39, 0.29) is 12.0 Å². The monoisotopic (exact) mass is 219 g/mol. The van der Waals surface area contributed by atoms with Gasteiger partial charge < -0.3 is 10.1 Å². The molecule has 86 valence electrons. The zero-order valence-corrected chi connectivity index (χ0v) is 9.53. The summed E-state index contributed by atoms with van der Waals surface area (Å²) in [4.78, 5) is 11.7. The van der Waals surface area contributed by atoms with Crippen LogP contribution in [0.3, 0.4) is 0 Å². The molecule has 0 fully saturated rings. The van der Waals surface area contributed by atoms with Crippen molar-refractivity contribution in [2.24, 2.45) is 0 Å². The van der Waals surface area contributed by atoms with Crippen LogP contribution in [0.2, 0.25) is 0 Å². The van der Waals surface area contributed by atoms with E-state index in [1.165, 1.54) is 0 Å². The fourth-order valence-corrected chi connectivity index (χ4v) is 1.83. The van der Waals surface area contributed by atoms with E-state index in [9.17, 15) is 4.79 Å². The van der Waals surface area contributed by atoms with Gasteiger partial charge in [-0.05, 0) is 18.1 Å². The van der Waals surface area contributed by atoms with Crippen molar-refractivity contribution in [1.82, 2.24) is 0 Å². The molecule has 1 aromatic rings. The number of nitrogens with one attached hydrogen (secondary N) is 1. The summed E-state index contributed by atoms with van der Waals surface area (Å²) in [6.45, 7) is 2.77. The smallest absolute Gasteiger partial charge is 0.253 e. The number of carbonyl (C=O) groups excluding carboxylic acids is 1. The van der Waals surface area contributed by atoms with Crippen molar-refractivity contribution in [3.8, 4) is 0 Å². The Kier molecular flexibility index (Phi) is 3.57. The lowest BCUT2D eigenvalue weighted by Crippen LogP contribution is -2.36. The highest BCUT2D eigenvalue weighted by molar-refractivity contribution is 5.97. The van der Waals surface area contributed by atoms with E-state index in [1.54, 1.807) is 0 Å². The highest BCUT2D eigenvalue weighted by atomic mass is 16.5. The molecule has 1 aliphatic rings. The quantitative estimate of drug-likeness (QED) is 0.789. The van der Waals surface area contributed by atoms with E-state index in [2.05, 4.69) is 12.2 Å². The molecule has 0 saturated carbocycles. The summed E-state index contributed by atoms with van der Waals surface area (Å²) in [6.07, 6.45) is 2.46. The zero-order valence-electron chi connectivity index (χ0n) is 9.53. The number of anilines is 1. The maximum atomic E-state index is 11.7. The second kappa shape index (κ2) is 5.12. The van der Waals surface area contributed by atoms with Crippen LogP contribution in [0.25, 0.3) is 0 Å². The van der Waals surface area contributed by atoms with Crippen LogP contribution < -0.4 is 5.32 Å². The fraction of sp³-hybridized carbons (Fsp3) is 0.462. The van der Waals surface area contributed by atoms with E-state index < -0.39 is 0 Å². The molecule has 16 heavy (non-hydrogen) atoms. The topological polar surface area (TPSA) is 38.3 Å². The highest BCUT2D eigenvalue weighted by Gasteiger charge is 2.25. The first kappa shape index (κ1) is 11.1. The summed E-state index contributed by atoms with van der Waals surface area (Å²) in [5.74, 6) is -0.0187. The average molecular weight is 219 g/mol. The fourth-order valence-electron chi connectivity index (χ4n) is 1.83. The van der Waals surface area contributed by atoms with Crippen molar-refractivity contribution in [3.63, 3.8) is 0 Å². The minimum atomic E-state index is -0.318. The van der Waals surface area contributed by atoms with Crippen LogP contribution in [0.1, 0.15) is 25.3 Å². The summed E-state index contributed by atoms with van der Waals surface area (Å²) in [5.41, 5.74) is 2.08. The van der Waals surface area contributed by atoms with E-state index in [1.807, 2.05) is 24.3 Å². The van der Waals surface area contributed by atoms with Gasteiger partial charge in [-0.3, -0.25) is 4.79 Å². The highest BCUT2D eigenvalue weighted by Crippen LogP contribution is 2.23. The Morgan fingerprint density at radius 3 is 3.06 bits per heavy atom. The van der Waals surface area contributed by atoms with Crippen molar-refractivity contribution in [2.75, 3.05) is 11.9 Å². The molecule has 0 bridgehead atoms. The van der Waals surface area contributed by atoms with Crippen LogP contribution in [-0.4, -0.2) is 18.6 Å². The first-order valence-electron chi connectivity index (χ1n) is 5.81. The molecule has 0 saturated heterocycles. The molecule has 0 radical (unpaired) electrons. The third-order valence-electron chi connectivity index (χ3n) is 2.79. The maximum Gasteiger partial charge on any atom is 0.253 e. The SMILES string of the molecule is CCCCOC1Cc2ccccc2NC1=O. The van der Waals surface area contributed by atoms with Crippen LogP contribution in [-0.2, 0) is 16.0 Å². The average Bonchev–Trinajstić information content (AvgIpc) is 2.30. The standard InChI is InChI=1S/C13H17NO2/c1-2-3-8-16-12-9-10-6-4-5-7-11(10)14-13(12)15/h4-7,12H,2-3,8-9H2,1H3,(H,14,15). The first-order chi connectivity index (χ1) is 7.81. The summed E-state index contributed by atoms with van der Waals surface area (Å²) in [7, 11) is 0. The third-order valence-corrected chi connectivity index (χ3v) is 2.79. The second-order valence-electron chi connectivity index (χ2n) is 4.06. The minimum Gasteiger partial charge on any atom is -0.368 e. The lowest BCUT2D eigenvalue weighted by molar-refractivity contribution is -0.127. The van der Waals surface area contributed by atoms with Gasteiger partial charge in [0.1, 0.15) is 6.10 Å². The molecule has 0 spiro atoms. The number of rotatable bonds is 4. The molecular formula is C13H17NO2. The van der Waals surface area contributed by atoms with Gasteiger partial charge in [0.05, 0.1) is 0 Å². The molecule has 2 rings (SSSR count). The van der Waals surface area contributed by atoms with Crippen molar-refractivity contribution >= 4 is 11.6 Å². The summed E-state index contributed by atoms with van der Waals surface area (Å²) in [5, 5.41) is 2.87. The molecule has 1 N–H and O–H groups in total. The van der Waals surface area contributed by atoms with Gasteiger partial charge in [0.25, 0.3) is 5.91 Å². The van der Waals surface area contributed by atoms with Gasteiger partial charge in [0, 0.05) is 18.7 Å². The Balaban J connectivity index is 2.01. The van der Waals surface area contributed by atoms with Gasteiger partial charge in [0.2, 0.25) is 0 Å². The van der Waals surface area contributed by atoms with Gasteiger partial charge in [-0.25, -0.2) is 0 Å². The third kappa shape index (κ3) is 2.42. The molecule has 1 aliphatic heterocycles. The first-order valence-corrected chi connectivity index (χ1v) is 5.81. The van der Waals surface area contributed by atoms with E-state index in [0.29, 0.717) is 13.0 Å². The van der Waals surface area contributed by atoms with E-state index in [4.69, 9.17) is 4.74 Å². The molecular weight excluding hydrogens is 202 g/mol. The Labute approximate surface area is 95.8 Å². The largest absolute Gasteiger partial charge is 0.368 e. The van der Waals surface area contributed by atoms with Crippen LogP contribution in [0.15, 0.2) is 24.3 Å². The lowest BCUT2D eigenvalue weighted by atomic mass is 10.0. The predicted octanol–water partition coefficient (Wildman–Crippen LogP) is 2.37. The van der Waals surface area contributed by atoms with Gasteiger partial charge >= 0.3 is 0 Å². The molecule has 3 heteroatoms. The van der Waals surface area contributed by atoms with Crippen molar-refractivity contribution < 1.29 is 9.53 Å². The van der Waals surface area contributed by atoms with Crippen molar-refractivity contribution in [2.45, 2.75) is 32.3 Å². The number of benzene rings is 1. The van der Waals surface area contributed by atoms with Crippen LogP contribution in [0.4, 0.5) is 5.69 Å². The number of fused-ring (bicyclic) bond motifs is 1. The molecule has 1 unspecified atom stereocenters. The second-order valence-corrected chi connectivity index (χ2v) is 4.06. The Hall–Kier alpha value is -1.35. The number of unbranched alkanes of at least 4 members (excludes halogenated alkanes) is 1. The Bertz CT molecular complexity index is 376. The van der Waals surface area contributed by atoms with Crippen molar-refractivity contribution in [3.05, 3.63) is 29.8 Å². The number of hydrogen-bond acceptors (Lipinski definition) is 2. The summed E-state index contributed by atoms with van der Waals surface area (Å²) < 4.78 is 5.58. The maximum absolute atomic E-state index is 11.7. The number of carbonyl (C=O) groups is 1. The summed E-state index contributed by atoms with van der Waals surface area (Å²) >= 11 is 0. The number of hydrogen-bond donors (Lipinski definition) is 1. The predicted molar refractivity (Wildman–Crippen MR) is 63.4 cm³/mol.